The van der Waals surface area contributed by atoms with Gasteiger partial charge in [0.15, 0.2) is 16.1 Å². The summed E-state index contributed by atoms with van der Waals surface area (Å²) in [6.45, 7) is 4.33. The van der Waals surface area contributed by atoms with Crippen LogP contribution in [0.25, 0.3) is 22.6 Å². The molecule has 0 radical (unpaired) electrons. The Kier molecular flexibility index (Phi) is 6.81. The number of rotatable bonds is 8. The highest BCUT2D eigenvalue weighted by Gasteiger charge is 2.16. The van der Waals surface area contributed by atoms with Crippen molar-refractivity contribution >= 4 is 45.7 Å². The van der Waals surface area contributed by atoms with Gasteiger partial charge in [-0.05, 0) is 12.1 Å². The summed E-state index contributed by atoms with van der Waals surface area (Å²) in [6, 6.07) is 17.3. The molecular weight excluding hydrogens is 450 g/mol. The lowest BCUT2D eigenvalue weighted by atomic mass is 10.2. The molecule has 0 unspecified atom stereocenters. The standard InChI is InChI=1S/C22H18ClN5OS2/c1-2-11-28-20(16-9-6-10-17(23)12-16)26-27-22(28)31-14-19(29)25-21-24-18(13-30-21)15-7-4-3-5-8-15/h2-10,12-13H,1,11,14H2,(H,24,25,29). The maximum absolute atomic E-state index is 12.5. The third kappa shape index (κ3) is 5.22. The van der Waals surface area contributed by atoms with Gasteiger partial charge in [-0.3, -0.25) is 9.36 Å². The molecule has 4 aromatic rings. The lowest BCUT2D eigenvalue weighted by Gasteiger charge is -2.08. The SMILES string of the molecule is C=CCn1c(SCC(=O)Nc2nc(-c3ccccc3)cs2)nnc1-c1cccc(Cl)c1. The van der Waals surface area contributed by atoms with E-state index in [-0.39, 0.29) is 11.7 Å². The smallest absolute Gasteiger partial charge is 0.236 e. The van der Waals surface area contributed by atoms with Crippen molar-refractivity contribution in [3.63, 3.8) is 0 Å². The van der Waals surface area contributed by atoms with Crippen molar-refractivity contribution in [3.8, 4) is 22.6 Å². The Bertz CT molecular complexity index is 1210. The molecule has 0 saturated carbocycles. The summed E-state index contributed by atoms with van der Waals surface area (Å²) in [4.78, 5) is 17.0. The van der Waals surface area contributed by atoms with Gasteiger partial charge in [0.05, 0.1) is 11.4 Å². The van der Waals surface area contributed by atoms with Gasteiger partial charge < -0.3 is 5.32 Å². The van der Waals surface area contributed by atoms with Gasteiger partial charge in [0, 0.05) is 28.1 Å². The molecule has 9 heteroatoms. The number of hydrogen-bond acceptors (Lipinski definition) is 6. The molecule has 31 heavy (non-hydrogen) atoms. The van der Waals surface area contributed by atoms with Crippen LogP contribution in [0, 0.1) is 0 Å². The Morgan fingerprint density at radius 2 is 1.97 bits per heavy atom. The molecule has 1 amide bonds. The largest absolute Gasteiger partial charge is 0.301 e. The van der Waals surface area contributed by atoms with E-state index in [0.717, 1.165) is 16.8 Å². The number of anilines is 1. The molecule has 0 atom stereocenters. The number of thioether (sulfide) groups is 1. The lowest BCUT2D eigenvalue weighted by Crippen LogP contribution is -2.14. The average Bonchev–Trinajstić information content (AvgIpc) is 3.40. The first-order chi connectivity index (χ1) is 15.1. The van der Waals surface area contributed by atoms with Crippen LogP contribution < -0.4 is 5.32 Å². The molecule has 1 N–H and O–H groups in total. The molecule has 6 nitrogen and oxygen atoms in total. The molecule has 0 fully saturated rings. The minimum absolute atomic E-state index is 0.156. The summed E-state index contributed by atoms with van der Waals surface area (Å²) < 4.78 is 1.91. The maximum Gasteiger partial charge on any atom is 0.236 e. The van der Waals surface area contributed by atoms with Crippen LogP contribution in [0.3, 0.4) is 0 Å². The van der Waals surface area contributed by atoms with Crippen molar-refractivity contribution < 1.29 is 4.79 Å². The lowest BCUT2D eigenvalue weighted by molar-refractivity contribution is -0.113. The second kappa shape index (κ2) is 9.91. The normalized spacial score (nSPS) is 10.7. The highest BCUT2D eigenvalue weighted by atomic mass is 35.5. The van der Waals surface area contributed by atoms with Gasteiger partial charge in [-0.2, -0.15) is 0 Å². The Hall–Kier alpha value is -2.94. The summed E-state index contributed by atoms with van der Waals surface area (Å²) in [5, 5.41) is 15.1. The highest BCUT2D eigenvalue weighted by molar-refractivity contribution is 7.99. The predicted octanol–water partition coefficient (Wildman–Crippen LogP) is 5.64. The zero-order chi connectivity index (χ0) is 21.6. The van der Waals surface area contributed by atoms with Crippen LogP contribution in [0.4, 0.5) is 5.13 Å². The summed E-state index contributed by atoms with van der Waals surface area (Å²) >= 11 is 8.82. The number of hydrogen-bond donors (Lipinski definition) is 1. The molecule has 2 aromatic heterocycles. The van der Waals surface area contributed by atoms with Crippen molar-refractivity contribution in [2.45, 2.75) is 11.7 Å². The number of carbonyl (C=O) groups is 1. The molecule has 2 heterocycles. The van der Waals surface area contributed by atoms with Gasteiger partial charge in [0.25, 0.3) is 0 Å². The number of amides is 1. The molecule has 0 aliphatic carbocycles. The van der Waals surface area contributed by atoms with Crippen LogP contribution in [0.2, 0.25) is 5.02 Å². The monoisotopic (exact) mass is 467 g/mol. The molecule has 4 rings (SSSR count). The van der Waals surface area contributed by atoms with Crippen LogP contribution in [0.5, 0.6) is 0 Å². The zero-order valence-electron chi connectivity index (χ0n) is 16.4. The van der Waals surface area contributed by atoms with Crippen molar-refractivity contribution in [1.29, 1.82) is 0 Å². The minimum Gasteiger partial charge on any atom is -0.301 e. The van der Waals surface area contributed by atoms with Gasteiger partial charge in [-0.15, -0.1) is 28.1 Å². The summed E-state index contributed by atoms with van der Waals surface area (Å²) in [7, 11) is 0. The third-order valence-electron chi connectivity index (χ3n) is 4.26. The summed E-state index contributed by atoms with van der Waals surface area (Å²) in [5.74, 6) is 0.708. The van der Waals surface area contributed by atoms with Crippen molar-refractivity contribution in [1.82, 2.24) is 19.7 Å². The fourth-order valence-electron chi connectivity index (χ4n) is 2.89. The number of thiazole rings is 1. The van der Waals surface area contributed by atoms with Crippen LogP contribution in [0.15, 0.2) is 77.8 Å². The first-order valence-corrected chi connectivity index (χ1v) is 11.6. The van der Waals surface area contributed by atoms with Crippen molar-refractivity contribution in [3.05, 3.63) is 77.7 Å². The van der Waals surface area contributed by atoms with E-state index in [9.17, 15) is 4.79 Å². The summed E-state index contributed by atoms with van der Waals surface area (Å²) in [5.41, 5.74) is 2.71. The fraction of sp³-hybridized carbons (Fsp3) is 0.0909. The number of carbonyl (C=O) groups excluding carboxylic acids is 1. The zero-order valence-corrected chi connectivity index (χ0v) is 18.8. The van der Waals surface area contributed by atoms with Crippen LogP contribution in [0.1, 0.15) is 0 Å². The average molecular weight is 468 g/mol. The number of allylic oxidation sites excluding steroid dienone is 1. The van der Waals surface area contributed by atoms with Gasteiger partial charge in [0.1, 0.15) is 0 Å². The van der Waals surface area contributed by atoms with E-state index in [1.807, 2.05) is 58.5 Å². The minimum atomic E-state index is -0.156. The van der Waals surface area contributed by atoms with Gasteiger partial charge >= 0.3 is 0 Å². The van der Waals surface area contributed by atoms with Crippen molar-refractivity contribution in [2.24, 2.45) is 0 Å². The van der Waals surface area contributed by atoms with Crippen LogP contribution in [-0.2, 0) is 11.3 Å². The van der Waals surface area contributed by atoms with E-state index in [1.54, 1.807) is 12.1 Å². The number of nitrogens with zero attached hydrogens (tertiary/aromatic N) is 4. The molecular formula is C22H18ClN5OS2. The topological polar surface area (TPSA) is 72.7 Å². The Morgan fingerprint density at radius 1 is 1.16 bits per heavy atom. The first-order valence-electron chi connectivity index (χ1n) is 9.37. The third-order valence-corrected chi connectivity index (χ3v) is 6.22. The molecule has 0 bridgehead atoms. The predicted molar refractivity (Wildman–Crippen MR) is 128 cm³/mol. The first kappa shape index (κ1) is 21.3. The molecule has 156 valence electrons. The molecule has 0 spiro atoms. The Morgan fingerprint density at radius 3 is 2.74 bits per heavy atom. The maximum atomic E-state index is 12.5. The van der Waals surface area contributed by atoms with Crippen LogP contribution in [-0.4, -0.2) is 31.4 Å². The van der Waals surface area contributed by atoms with E-state index >= 15 is 0 Å². The number of benzene rings is 2. The molecule has 2 aromatic carbocycles. The van der Waals surface area contributed by atoms with E-state index in [2.05, 4.69) is 27.1 Å². The second-order valence-electron chi connectivity index (χ2n) is 6.46. The number of halogens is 1. The Balaban J connectivity index is 1.43. The second-order valence-corrected chi connectivity index (χ2v) is 8.69. The highest BCUT2D eigenvalue weighted by Crippen LogP contribution is 2.27. The molecule has 0 aliphatic rings. The van der Waals surface area contributed by atoms with E-state index in [0.29, 0.717) is 27.7 Å². The molecule has 0 aliphatic heterocycles. The number of nitrogens with one attached hydrogen (secondary N) is 1. The quantitative estimate of drug-likeness (QED) is 0.268. The van der Waals surface area contributed by atoms with E-state index in [4.69, 9.17) is 11.6 Å². The fourth-order valence-corrected chi connectivity index (χ4v) is 4.56. The van der Waals surface area contributed by atoms with Gasteiger partial charge in [0.2, 0.25) is 5.91 Å². The van der Waals surface area contributed by atoms with Crippen molar-refractivity contribution in [2.75, 3.05) is 11.1 Å². The van der Waals surface area contributed by atoms with Gasteiger partial charge in [-0.25, -0.2) is 4.98 Å². The molecule has 0 saturated heterocycles. The van der Waals surface area contributed by atoms with Gasteiger partial charge in [-0.1, -0.05) is 71.9 Å². The Labute approximate surface area is 193 Å². The number of aromatic nitrogens is 4. The summed E-state index contributed by atoms with van der Waals surface area (Å²) in [6.07, 6.45) is 1.77. The van der Waals surface area contributed by atoms with Crippen LogP contribution >= 0.6 is 34.7 Å². The van der Waals surface area contributed by atoms with E-state index < -0.39 is 0 Å². The van der Waals surface area contributed by atoms with E-state index in [1.165, 1.54) is 23.1 Å².